The van der Waals surface area contributed by atoms with E-state index in [1.54, 1.807) is 57.2 Å². The Kier molecular flexibility index (Phi) is 4.72. The third-order valence-electron chi connectivity index (χ3n) is 4.29. The van der Waals surface area contributed by atoms with Gasteiger partial charge in [0.25, 0.3) is 0 Å². The van der Waals surface area contributed by atoms with E-state index in [1.165, 1.54) is 10.9 Å². The zero-order chi connectivity index (χ0) is 19.8. The summed E-state index contributed by atoms with van der Waals surface area (Å²) in [6.07, 6.45) is 1.39. The molecule has 0 bridgehead atoms. The van der Waals surface area contributed by atoms with Gasteiger partial charge in [-0.25, -0.2) is 14.0 Å². The number of rotatable bonds is 4. The molecular weight excluding hydrogens is 362 g/mol. The van der Waals surface area contributed by atoms with Gasteiger partial charge in [-0.3, -0.25) is 0 Å². The average Bonchev–Trinajstić information content (AvgIpc) is 2.96. The summed E-state index contributed by atoms with van der Waals surface area (Å²) in [6, 6.07) is 12.1. The lowest BCUT2D eigenvalue weighted by molar-refractivity contribution is 0.433. The zero-order valence-corrected chi connectivity index (χ0v) is 16.0. The fourth-order valence-corrected chi connectivity index (χ4v) is 3.70. The van der Waals surface area contributed by atoms with Crippen LogP contribution in [0.15, 0.2) is 47.5 Å². The maximum atomic E-state index is 12.4. The Hall–Kier alpha value is -3.18. The Labute approximate surface area is 157 Å². The molecule has 3 aromatic rings. The molecule has 7 nitrogen and oxygen atoms in total. The minimum absolute atomic E-state index is 0.0760. The van der Waals surface area contributed by atoms with Crippen LogP contribution in [0.1, 0.15) is 25.1 Å². The van der Waals surface area contributed by atoms with Gasteiger partial charge in [0.2, 0.25) is 5.88 Å². The summed E-state index contributed by atoms with van der Waals surface area (Å²) in [5.74, 6) is 0.283. The first-order valence-corrected chi connectivity index (χ1v) is 9.91. The molecule has 1 aromatic carbocycles. The highest BCUT2D eigenvalue weighted by Crippen LogP contribution is 2.34. The Morgan fingerprint density at radius 3 is 2.41 bits per heavy atom. The molecule has 138 valence electrons. The van der Waals surface area contributed by atoms with E-state index in [4.69, 9.17) is 10.0 Å². The van der Waals surface area contributed by atoms with E-state index < -0.39 is 9.73 Å². The standard InChI is InChI=1S/C19H19N5O2S/c1-12(2)27(21,26)16-8-9-17(22-11-16)24-19(25)18(13(3)23-24)15-6-4-14(10-20)5-7-15/h4-9,11-12,21,25H,1-3H3. The molecule has 0 saturated carbocycles. The van der Waals surface area contributed by atoms with Crippen LogP contribution in [0.25, 0.3) is 16.9 Å². The van der Waals surface area contributed by atoms with E-state index >= 15 is 0 Å². The molecule has 1 atom stereocenters. The van der Waals surface area contributed by atoms with Crippen molar-refractivity contribution in [2.45, 2.75) is 30.9 Å². The number of benzene rings is 1. The smallest absolute Gasteiger partial charge is 0.223 e. The van der Waals surface area contributed by atoms with E-state index in [0.717, 1.165) is 5.56 Å². The van der Waals surface area contributed by atoms with Crippen molar-refractivity contribution in [3.8, 4) is 28.9 Å². The maximum absolute atomic E-state index is 12.4. The summed E-state index contributed by atoms with van der Waals surface area (Å²) in [5.41, 5.74) is 2.43. The third-order valence-corrected chi connectivity index (χ3v) is 6.56. The number of aromatic nitrogens is 3. The first-order chi connectivity index (χ1) is 12.8. The first-order valence-electron chi connectivity index (χ1n) is 8.29. The van der Waals surface area contributed by atoms with Crippen LogP contribution in [0.2, 0.25) is 0 Å². The number of nitriles is 1. The van der Waals surface area contributed by atoms with Gasteiger partial charge in [-0.05, 0) is 50.6 Å². The minimum Gasteiger partial charge on any atom is -0.493 e. The molecular formula is C19H19N5O2S. The summed E-state index contributed by atoms with van der Waals surface area (Å²) in [5, 5.41) is 23.6. The van der Waals surface area contributed by atoms with Crippen LogP contribution >= 0.6 is 0 Å². The van der Waals surface area contributed by atoms with Crippen molar-refractivity contribution in [1.82, 2.24) is 14.8 Å². The minimum atomic E-state index is -2.92. The molecule has 0 saturated heterocycles. The van der Waals surface area contributed by atoms with Crippen LogP contribution in [0, 0.1) is 23.0 Å². The Balaban J connectivity index is 2.03. The van der Waals surface area contributed by atoms with Gasteiger partial charge in [-0.2, -0.15) is 15.0 Å². The van der Waals surface area contributed by atoms with Crippen LogP contribution in [0.5, 0.6) is 5.88 Å². The number of aryl methyl sites for hydroxylation is 1. The van der Waals surface area contributed by atoms with Crippen molar-refractivity contribution >= 4 is 9.73 Å². The molecule has 0 amide bonds. The second-order valence-corrected chi connectivity index (χ2v) is 9.00. The SMILES string of the molecule is Cc1nn(-c2ccc(S(=N)(=O)C(C)C)cn2)c(O)c1-c1ccc(C#N)cc1. The van der Waals surface area contributed by atoms with Crippen LogP contribution in [0.4, 0.5) is 0 Å². The molecule has 0 aliphatic rings. The highest BCUT2D eigenvalue weighted by molar-refractivity contribution is 7.93. The van der Waals surface area contributed by atoms with Crippen molar-refractivity contribution in [2.24, 2.45) is 0 Å². The number of aromatic hydroxyl groups is 1. The highest BCUT2D eigenvalue weighted by atomic mass is 32.2. The first kappa shape index (κ1) is 18.6. The van der Waals surface area contributed by atoms with Gasteiger partial charge < -0.3 is 5.11 Å². The summed E-state index contributed by atoms with van der Waals surface area (Å²) in [6.45, 7) is 5.24. The molecule has 0 fully saturated rings. The van der Waals surface area contributed by atoms with Crippen molar-refractivity contribution in [2.75, 3.05) is 0 Å². The Morgan fingerprint density at radius 1 is 1.22 bits per heavy atom. The summed E-state index contributed by atoms with van der Waals surface area (Å²) in [7, 11) is -2.92. The molecule has 0 aliphatic carbocycles. The van der Waals surface area contributed by atoms with E-state index in [0.29, 0.717) is 27.5 Å². The largest absolute Gasteiger partial charge is 0.493 e. The molecule has 27 heavy (non-hydrogen) atoms. The molecule has 3 rings (SSSR count). The lowest BCUT2D eigenvalue weighted by atomic mass is 10.0. The van der Waals surface area contributed by atoms with Crippen molar-refractivity contribution in [1.29, 1.82) is 10.0 Å². The van der Waals surface area contributed by atoms with Gasteiger partial charge in [0.1, 0.15) is 0 Å². The molecule has 0 aliphatic heterocycles. The molecule has 1 unspecified atom stereocenters. The number of nitrogens with zero attached hydrogens (tertiary/aromatic N) is 4. The second-order valence-electron chi connectivity index (χ2n) is 6.39. The molecule has 2 heterocycles. The predicted octanol–water partition coefficient (Wildman–Crippen LogP) is 3.63. The third kappa shape index (κ3) is 3.29. The second kappa shape index (κ2) is 6.85. The number of hydrogen-bond donors (Lipinski definition) is 2. The maximum Gasteiger partial charge on any atom is 0.223 e. The van der Waals surface area contributed by atoms with E-state index in [-0.39, 0.29) is 11.1 Å². The fourth-order valence-electron chi connectivity index (χ4n) is 2.67. The van der Waals surface area contributed by atoms with E-state index in [2.05, 4.69) is 16.2 Å². The summed E-state index contributed by atoms with van der Waals surface area (Å²) >= 11 is 0. The average molecular weight is 381 g/mol. The van der Waals surface area contributed by atoms with Gasteiger partial charge in [-0.1, -0.05) is 12.1 Å². The Morgan fingerprint density at radius 2 is 1.89 bits per heavy atom. The van der Waals surface area contributed by atoms with Crippen molar-refractivity contribution < 1.29 is 9.32 Å². The number of nitrogens with one attached hydrogen (secondary N) is 1. The molecule has 2 N–H and O–H groups in total. The normalized spacial score (nSPS) is 13.3. The molecule has 8 heteroatoms. The zero-order valence-electron chi connectivity index (χ0n) is 15.2. The van der Waals surface area contributed by atoms with Gasteiger partial charge in [-0.15, -0.1) is 0 Å². The highest BCUT2D eigenvalue weighted by Gasteiger charge is 2.19. The van der Waals surface area contributed by atoms with Crippen LogP contribution < -0.4 is 0 Å². The number of hydrogen-bond acceptors (Lipinski definition) is 6. The van der Waals surface area contributed by atoms with Crippen LogP contribution in [0.3, 0.4) is 0 Å². The van der Waals surface area contributed by atoms with Gasteiger partial charge >= 0.3 is 0 Å². The van der Waals surface area contributed by atoms with E-state index in [1.807, 2.05) is 0 Å². The fraction of sp³-hybridized carbons (Fsp3) is 0.211. The van der Waals surface area contributed by atoms with Crippen molar-refractivity contribution in [3.63, 3.8) is 0 Å². The van der Waals surface area contributed by atoms with Gasteiger partial charge in [0.15, 0.2) is 5.82 Å². The lowest BCUT2D eigenvalue weighted by Crippen LogP contribution is -2.13. The topological polar surface area (TPSA) is 116 Å². The summed E-state index contributed by atoms with van der Waals surface area (Å²) < 4.78 is 21.7. The monoisotopic (exact) mass is 381 g/mol. The van der Waals surface area contributed by atoms with E-state index in [9.17, 15) is 9.32 Å². The summed E-state index contributed by atoms with van der Waals surface area (Å²) in [4.78, 5) is 4.58. The molecule has 2 aromatic heterocycles. The van der Waals surface area contributed by atoms with Crippen LogP contribution in [-0.2, 0) is 9.73 Å². The quantitative estimate of drug-likeness (QED) is 0.716. The van der Waals surface area contributed by atoms with Gasteiger partial charge in [0, 0.05) is 11.4 Å². The van der Waals surface area contributed by atoms with Crippen LogP contribution in [-0.4, -0.2) is 29.3 Å². The van der Waals surface area contributed by atoms with Crippen molar-refractivity contribution in [3.05, 3.63) is 53.9 Å². The van der Waals surface area contributed by atoms with Gasteiger partial charge in [0.05, 0.1) is 37.5 Å². The molecule has 0 spiro atoms. The Bertz CT molecular complexity index is 1120. The number of pyridine rings is 1. The molecule has 0 radical (unpaired) electrons. The predicted molar refractivity (Wildman–Crippen MR) is 102 cm³/mol. The lowest BCUT2D eigenvalue weighted by Gasteiger charge is -2.11.